The van der Waals surface area contributed by atoms with Crippen LogP contribution in [0.3, 0.4) is 0 Å². The number of hydrogen-bond donors (Lipinski definition) is 2. The topological polar surface area (TPSA) is 85.1 Å². The number of nitrogens with two attached hydrogens (primary N) is 1. The van der Waals surface area contributed by atoms with E-state index >= 15 is 0 Å². The first-order valence-corrected chi connectivity index (χ1v) is 8.12. The monoisotopic (exact) mass is 321 g/mol. The van der Waals surface area contributed by atoms with Crippen LogP contribution in [0.1, 0.15) is 24.1 Å². The first-order valence-electron chi connectivity index (χ1n) is 6.23. The van der Waals surface area contributed by atoms with Crippen LogP contribution in [0.15, 0.2) is 53.7 Å². The Morgan fingerprint density at radius 3 is 2.48 bits per heavy atom. The third-order valence-corrected chi connectivity index (χ3v) is 4.80. The maximum Gasteiger partial charge on any atom is 0.241 e. The van der Waals surface area contributed by atoms with E-state index in [0.717, 1.165) is 5.56 Å². The molecule has 1 heterocycles. The molecule has 0 aliphatic rings. The highest BCUT2D eigenvalue weighted by atomic mass is 32.2. The van der Waals surface area contributed by atoms with Gasteiger partial charge in [0.25, 0.3) is 0 Å². The molecule has 0 saturated heterocycles. The molecule has 0 radical (unpaired) electrons. The third kappa shape index (κ3) is 3.63. The predicted molar refractivity (Wildman–Crippen MR) is 85.3 cm³/mol. The molecule has 5 nitrogen and oxygen atoms in total. The molecule has 7 heteroatoms. The van der Waals surface area contributed by atoms with Gasteiger partial charge in [0.2, 0.25) is 10.0 Å². The molecular weight excluding hydrogens is 306 g/mol. The first kappa shape index (κ1) is 15.6. The Hall–Kier alpha value is -1.83. The molecule has 1 aromatic carbocycles. The Bertz CT molecular complexity index is 746. The van der Waals surface area contributed by atoms with Crippen molar-refractivity contribution in [3.8, 4) is 0 Å². The van der Waals surface area contributed by atoms with Crippen molar-refractivity contribution in [3.05, 3.63) is 59.9 Å². The lowest BCUT2D eigenvalue weighted by Gasteiger charge is -2.16. The number of aromatic nitrogens is 1. The van der Waals surface area contributed by atoms with E-state index in [1.165, 1.54) is 6.07 Å². The fourth-order valence-corrected chi connectivity index (χ4v) is 3.62. The fraction of sp³-hybridized carbons (Fsp3) is 0.143. The maximum atomic E-state index is 12.5. The van der Waals surface area contributed by atoms with Crippen LogP contribution in [0.4, 0.5) is 0 Å². The van der Waals surface area contributed by atoms with Gasteiger partial charge in [0.1, 0.15) is 4.99 Å². The summed E-state index contributed by atoms with van der Waals surface area (Å²) in [7, 11) is -3.72. The summed E-state index contributed by atoms with van der Waals surface area (Å²) < 4.78 is 27.6. The summed E-state index contributed by atoms with van der Waals surface area (Å²) in [5.41, 5.74) is 6.74. The Kier molecular flexibility index (Phi) is 4.66. The van der Waals surface area contributed by atoms with E-state index < -0.39 is 16.1 Å². The normalized spacial score (nSPS) is 12.8. The van der Waals surface area contributed by atoms with Crippen molar-refractivity contribution in [2.75, 3.05) is 0 Å². The van der Waals surface area contributed by atoms with Crippen LogP contribution in [-0.4, -0.2) is 18.4 Å². The van der Waals surface area contributed by atoms with Crippen molar-refractivity contribution in [2.45, 2.75) is 17.9 Å². The number of sulfonamides is 1. The molecule has 1 aromatic heterocycles. The van der Waals surface area contributed by atoms with Crippen molar-refractivity contribution in [2.24, 2.45) is 5.73 Å². The van der Waals surface area contributed by atoms with E-state index in [4.69, 9.17) is 18.0 Å². The molecule has 0 saturated carbocycles. The quantitative estimate of drug-likeness (QED) is 0.820. The standard InChI is InChI=1S/C14H15N3O2S2/c1-10(11-6-8-16-9-7-11)17-21(18,19)13-5-3-2-4-12(13)14(15)20/h2-10,17H,1H3,(H2,15,20). The Morgan fingerprint density at radius 2 is 1.86 bits per heavy atom. The Labute approximate surface area is 129 Å². The second kappa shape index (κ2) is 6.30. The molecule has 0 fully saturated rings. The van der Waals surface area contributed by atoms with Crippen molar-refractivity contribution in [1.29, 1.82) is 0 Å². The summed E-state index contributed by atoms with van der Waals surface area (Å²) in [4.78, 5) is 4.04. The van der Waals surface area contributed by atoms with Crippen LogP contribution in [0, 0.1) is 0 Å². The second-order valence-electron chi connectivity index (χ2n) is 4.48. The molecule has 0 spiro atoms. The van der Waals surface area contributed by atoms with Crippen molar-refractivity contribution >= 4 is 27.2 Å². The zero-order valence-electron chi connectivity index (χ0n) is 11.4. The lowest BCUT2D eigenvalue weighted by molar-refractivity contribution is 0.566. The fourth-order valence-electron chi connectivity index (χ4n) is 1.92. The third-order valence-electron chi connectivity index (χ3n) is 2.98. The molecule has 3 N–H and O–H groups in total. The van der Waals surface area contributed by atoms with Gasteiger partial charge in [-0.3, -0.25) is 4.98 Å². The molecule has 0 bridgehead atoms. The molecule has 110 valence electrons. The molecule has 2 aromatic rings. The molecule has 0 aliphatic heterocycles. The van der Waals surface area contributed by atoms with Crippen LogP contribution in [0.5, 0.6) is 0 Å². The van der Waals surface area contributed by atoms with E-state index in [1.807, 2.05) is 0 Å². The smallest absolute Gasteiger partial charge is 0.241 e. The first-order chi connectivity index (χ1) is 9.92. The van der Waals surface area contributed by atoms with Crippen LogP contribution in [0.25, 0.3) is 0 Å². The number of rotatable bonds is 5. The summed E-state index contributed by atoms with van der Waals surface area (Å²) in [6, 6.07) is 9.52. The average molecular weight is 321 g/mol. The highest BCUT2D eigenvalue weighted by Crippen LogP contribution is 2.19. The minimum atomic E-state index is -3.72. The summed E-state index contributed by atoms with van der Waals surface area (Å²) in [6.45, 7) is 1.76. The minimum absolute atomic E-state index is 0.0486. The Balaban J connectivity index is 2.34. The summed E-state index contributed by atoms with van der Waals surface area (Å²) in [6.07, 6.45) is 3.23. The second-order valence-corrected chi connectivity index (χ2v) is 6.61. The molecular formula is C14H15N3O2S2. The van der Waals surface area contributed by atoms with Gasteiger partial charge in [-0.25, -0.2) is 13.1 Å². The summed E-state index contributed by atoms with van der Waals surface area (Å²) in [5.74, 6) is 0. The number of nitrogens with one attached hydrogen (secondary N) is 1. The SMILES string of the molecule is CC(NS(=O)(=O)c1ccccc1C(N)=S)c1ccncc1. The van der Waals surface area contributed by atoms with Gasteiger partial charge < -0.3 is 5.73 Å². The van der Waals surface area contributed by atoms with Crippen LogP contribution in [0.2, 0.25) is 0 Å². The maximum absolute atomic E-state index is 12.5. The van der Waals surface area contributed by atoms with E-state index in [0.29, 0.717) is 5.56 Å². The van der Waals surface area contributed by atoms with Crippen molar-refractivity contribution in [1.82, 2.24) is 9.71 Å². The molecule has 0 amide bonds. The largest absolute Gasteiger partial charge is 0.389 e. The van der Waals surface area contributed by atoms with E-state index in [-0.39, 0.29) is 9.88 Å². The molecule has 21 heavy (non-hydrogen) atoms. The van der Waals surface area contributed by atoms with Gasteiger partial charge in [0.15, 0.2) is 0 Å². The molecule has 1 unspecified atom stereocenters. The van der Waals surface area contributed by atoms with Crippen molar-refractivity contribution in [3.63, 3.8) is 0 Å². The highest BCUT2D eigenvalue weighted by Gasteiger charge is 2.22. The van der Waals surface area contributed by atoms with Crippen LogP contribution >= 0.6 is 12.2 Å². The van der Waals surface area contributed by atoms with E-state index in [2.05, 4.69) is 9.71 Å². The number of hydrogen-bond acceptors (Lipinski definition) is 4. The van der Waals surface area contributed by atoms with Crippen molar-refractivity contribution < 1.29 is 8.42 Å². The van der Waals surface area contributed by atoms with Gasteiger partial charge in [-0.2, -0.15) is 0 Å². The van der Waals surface area contributed by atoms with E-state index in [1.54, 1.807) is 49.6 Å². The lowest BCUT2D eigenvalue weighted by Crippen LogP contribution is -2.29. The van der Waals surface area contributed by atoms with Gasteiger partial charge in [-0.05, 0) is 30.7 Å². The molecule has 2 rings (SSSR count). The number of thiocarbonyl (C=S) groups is 1. The highest BCUT2D eigenvalue weighted by molar-refractivity contribution is 7.89. The van der Waals surface area contributed by atoms with E-state index in [9.17, 15) is 8.42 Å². The minimum Gasteiger partial charge on any atom is -0.389 e. The van der Waals surface area contributed by atoms with Gasteiger partial charge in [-0.1, -0.05) is 30.4 Å². The number of pyridine rings is 1. The zero-order chi connectivity index (χ0) is 15.5. The number of benzene rings is 1. The lowest BCUT2D eigenvalue weighted by atomic mass is 10.1. The van der Waals surface area contributed by atoms with Crippen LogP contribution < -0.4 is 10.5 Å². The van der Waals surface area contributed by atoms with Gasteiger partial charge >= 0.3 is 0 Å². The molecule has 0 aliphatic carbocycles. The van der Waals surface area contributed by atoms with Gasteiger partial charge in [-0.15, -0.1) is 0 Å². The van der Waals surface area contributed by atoms with Crippen LogP contribution in [-0.2, 0) is 10.0 Å². The predicted octanol–water partition coefficient (Wildman–Crippen LogP) is 1.76. The van der Waals surface area contributed by atoms with Gasteiger partial charge in [0.05, 0.1) is 4.90 Å². The molecule has 1 atom stereocenters. The average Bonchev–Trinajstić information content (AvgIpc) is 2.47. The summed E-state index contributed by atoms with van der Waals surface area (Å²) in [5, 5.41) is 0. The zero-order valence-corrected chi connectivity index (χ0v) is 13.0. The number of nitrogens with zero attached hydrogens (tertiary/aromatic N) is 1. The summed E-state index contributed by atoms with van der Waals surface area (Å²) >= 11 is 4.90. The Morgan fingerprint density at radius 1 is 1.24 bits per heavy atom. The van der Waals surface area contributed by atoms with Gasteiger partial charge in [0, 0.05) is 24.0 Å².